The highest BCUT2D eigenvalue weighted by atomic mass is 79.9. The third-order valence-corrected chi connectivity index (χ3v) is 5.95. The molecule has 0 heterocycles. The Kier molecular flexibility index (Phi) is 2.40. The first kappa shape index (κ1) is 10.6. The summed E-state index contributed by atoms with van der Waals surface area (Å²) >= 11 is 3.63. The number of benzene rings is 1. The minimum absolute atomic E-state index is 0.875. The van der Waals surface area contributed by atoms with E-state index in [1.165, 1.54) is 30.2 Å². The fraction of sp³-hybridized carbons (Fsp3) is 0.625. The molecule has 0 unspecified atom stereocenters. The van der Waals surface area contributed by atoms with E-state index in [1.807, 2.05) is 0 Å². The Balaban J connectivity index is 1.70. The van der Waals surface area contributed by atoms with Crippen LogP contribution in [0, 0.1) is 23.7 Å². The van der Waals surface area contributed by atoms with Gasteiger partial charge in [0.15, 0.2) is 0 Å². The summed E-state index contributed by atoms with van der Waals surface area (Å²) in [5.41, 5.74) is 1.60. The molecule has 0 N–H and O–H groups in total. The van der Waals surface area contributed by atoms with Gasteiger partial charge in [0.1, 0.15) is 0 Å². The fourth-order valence-electron chi connectivity index (χ4n) is 5.18. The van der Waals surface area contributed by atoms with Crippen molar-refractivity contribution in [2.75, 3.05) is 0 Å². The monoisotopic (exact) mass is 290 g/mol. The molecule has 0 aliphatic heterocycles. The van der Waals surface area contributed by atoms with Gasteiger partial charge >= 0.3 is 0 Å². The predicted octanol–water partition coefficient (Wildman–Crippen LogP) is 4.99. The highest BCUT2D eigenvalue weighted by molar-refractivity contribution is 9.10. The molecule has 1 aromatic carbocycles. The molecule has 0 nitrogen and oxygen atoms in total. The van der Waals surface area contributed by atoms with E-state index in [0.29, 0.717) is 0 Å². The van der Waals surface area contributed by atoms with Crippen LogP contribution in [-0.2, 0) is 0 Å². The Morgan fingerprint density at radius 3 is 2.12 bits per heavy atom. The van der Waals surface area contributed by atoms with Crippen LogP contribution in [0.2, 0.25) is 0 Å². The zero-order valence-corrected chi connectivity index (χ0v) is 11.7. The molecule has 0 radical (unpaired) electrons. The fourth-order valence-corrected chi connectivity index (χ4v) is 5.60. The lowest BCUT2D eigenvalue weighted by atomic mass is 9.51. The van der Waals surface area contributed by atoms with Gasteiger partial charge in [-0.3, -0.25) is 0 Å². The van der Waals surface area contributed by atoms with E-state index in [0.717, 1.165) is 29.6 Å². The molecule has 1 aromatic rings. The Morgan fingerprint density at radius 1 is 0.882 bits per heavy atom. The molecule has 0 aromatic heterocycles. The van der Waals surface area contributed by atoms with Crippen molar-refractivity contribution in [2.24, 2.45) is 23.7 Å². The van der Waals surface area contributed by atoms with Crippen molar-refractivity contribution in [3.8, 4) is 0 Å². The molecule has 4 fully saturated rings. The highest BCUT2D eigenvalue weighted by Gasteiger charge is 2.48. The van der Waals surface area contributed by atoms with Crippen molar-refractivity contribution >= 4 is 15.9 Å². The van der Waals surface area contributed by atoms with E-state index in [1.54, 1.807) is 12.0 Å². The normalized spacial score (nSPS) is 43.0. The minimum atomic E-state index is 0.875. The topological polar surface area (TPSA) is 0 Å². The minimum Gasteiger partial charge on any atom is -0.0609 e. The second kappa shape index (κ2) is 3.85. The van der Waals surface area contributed by atoms with Gasteiger partial charge in [0.2, 0.25) is 0 Å². The average molecular weight is 291 g/mol. The van der Waals surface area contributed by atoms with Crippen molar-refractivity contribution in [3.63, 3.8) is 0 Å². The van der Waals surface area contributed by atoms with Crippen LogP contribution in [-0.4, -0.2) is 0 Å². The molecule has 4 saturated carbocycles. The van der Waals surface area contributed by atoms with Crippen LogP contribution in [0.25, 0.3) is 0 Å². The molecule has 17 heavy (non-hydrogen) atoms. The third-order valence-electron chi connectivity index (χ3n) is 5.46. The maximum absolute atomic E-state index is 3.63. The summed E-state index contributed by atoms with van der Waals surface area (Å²) in [6, 6.07) is 9.09. The summed E-state index contributed by atoms with van der Waals surface area (Å²) in [5.74, 6) is 5.04. The van der Waals surface area contributed by atoms with E-state index in [4.69, 9.17) is 0 Å². The molecule has 0 saturated heterocycles. The highest BCUT2D eigenvalue weighted by Crippen LogP contribution is 2.59. The van der Waals surface area contributed by atoms with Crippen LogP contribution < -0.4 is 0 Å². The van der Waals surface area contributed by atoms with Crippen molar-refractivity contribution in [1.29, 1.82) is 0 Å². The number of hydrogen-bond acceptors (Lipinski definition) is 0. The Morgan fingerprint density at radius 2 is 1.53 bits per heavy atom. The first-order valence-electron chi connectivity index (χ1n) is 7.05. The van der Waals surface area contributed by atoms with Crippen molar-refractivity contribution in [2.45, 2.75) is 38.0 Å². The molecule has 0 atom stereocenters. The first-order valence-corrected chi connectivity index (χ1v) is 7.84. The maximum Gasteiger partial charge on any atom is 0.0178 e. The van der Waals surface area contributed by atoms with Gasteiger partial charge in [-0.05, 0) is 79.4 Å². The molecule has 1 heteroatoms. The molecule has 0 spiro atoms. The van der Waals surface area contributed by atoms with Crippen LogP contribution >= 0.6 is 15.9 Å². The lowest BCUT2D eigenvalue weighted by Gasteiger charge is -2.54. The van der Waals surface area contributed by atoms with Crippen LogP contribution in [0.3, 0.4) is 0 Å². The van der Waals surface area contributed by atoms with Gasteiger partial charge in [-0.1, -0.05) is 28.1 Å². The van der Waals surface area contributed by atoms with Gasteiger partial charge in [-0.25, -0.2) is 0 Å². The quantitative estimate of drug-likeness (QED) is 0.684. The van der Waals surface area contributed by atoms with Crippen LogP contribution in [0.1, 0.15) is 43.6 Å². The second-order valence-electron chi connectivity index (χ2n) is 6.51. The Bertz CT molecular complexity index is 409. The number of hydrogen-bond donors (Lipinski definition) is 0. The van der Waals surface area contributed by atoms with E-state index in [9.17, 15) is 0 Å². The summed E-state index contributed by atoms with van der Waals surface area (Å²) in [7, 11) is 0. The largest absolute Gasteiger partial charge is 0.0609 e. The first-order chi connectivity index (χ1) is 8.29. The summed E-state index contributed by atoms with van der Waals surface area (Å²) in [5, 5.41) is 0. The van der Waals surface area contributed by atoms with Crippen molar-refractivity contribution in [3.05, 3.63) is 34.3 Å². The van der Waals surface area contributed by atoms with Gasteiger partial charge in [0, 0.05) is 4.47 Å². The van der Waals surface area contributed by atoms with Gasteiger partial charge in [-0.15, -0.1) is 0 Å². The van der Waals surface area contributed by atoms with Gasteiger partial charge in [-0.2, -0.15) is 0 Å². The molecule has 5 rings (SSSR count). The molecule has 4 aliphatic carbocycles. The standard InChI is InChI=1S/C16H19Br/c17-15-3-1-2-12(9-15)16-13-5-10-4-11(7-13)8-14(16)6-10/h1-3,9-11,13-14,16H,4-8H2. The lowest BCUT2D eigenvalue weighted by Crippen LogP contribution is -2.43. The van der Waals surface area contributed by atoms with E-state index in [-0.39, 0.29) is 0 Å². The summed E-state index contributed by atoms with van der Waals surface area (Å²) < 4.78 is 1.25. The van der Waals surface area contributed by atoms with Gasteiger partial charge in [0.25, 0.3) is 0 Å². The average Bonchev–Trinajstić information content (AvgIpc) is 2.27. The summed E-state index contributed by atoms with van der Waals surface area (Å²) in [6.45, 7) is 0. The smallest absolute Gasteiger partial charge is 0.0178 e. The second-order valence-corrected chi connectivity index (χ2v) is 7.43. The Hall–Kier alpha value is -0.300. The zero-order valence-electron chi connectivity index (χ0n) is 10.1. The maximum atomic E-state index is 3.63. The molecule has 4 bridgehead atoms. The van der Waals surface area contributed by atoms with E-state index in [2.05, 4.69) is 40.2 Å². The van der Waals surface area contributed by atoms with Gasteiger partial charge < -0.3 is 0 Å². The van der Waals surface area contributed by atoms with Crippen LogP contribution in [0.15, 0.2) is 28.7 Å². The summed E-state index contributed by atoms with van der Waals surface area (Å²) in [4.78, 5) is 0. The summed E-state index contributed by atoms with van der Waals surface area (Å²) in [6.07, 6.45) is 7.63. The third kappa shape index (κ3) is 1.69. The van der Waals surface area contributed by atoms with Crippen molar-refractivity contribution in [1.82, 2.24) is 0 Å². The molecule has 0 amide bonds. The van der Waals surface area contributed by atoms with Crippen LogP contribution in [0.4, 0.5) is 0 Å². The zero-order chi connectivity index (χ0) is 11.4. The molecular formula is C16H19Br. The van der Waals surface area contributed by atoms with Gasteiger partial charge in [0.05, 0.1) is 0 Å². The number of halogens is 1. The molecule has 4 aliphatic rings. The number of rotatable bonds is 1. The predicted molar refractivity (Wildman–Crippen MR) is 73.9 cm³/mol. The SMILES string of the molecule is Brc1cccc(C2C3CC4CC(C3)CC2C4)c1. The van der Waals surface area contributed by atoms with Crippen molar-refractivity contribution < 1.29 is 0 Å². The van der Waals surface area contributed by atoms with E-state index >= 15 is 0 Å². The Labute approximate surface area is 112 Å². The molecule has 90 valence electrons. The van der Waals surface area contributed by atoms with Crippen LogP contribution in [0.5, 0.6) is 0 Å². The van der Waals surface area contributed by atoms with E-state index < -0.39 is 0 Å². The lowest BCUT2D eigenvalue weighted by molar-refractivity contribution is -0.00279. The molecular weight excluding hydrogens is 272 g/mol.